The molecule has 0 radical (unpaired) electrons. The molecule has 0 bridgehead atoms. The molecule has 0 saturated heterocycles. The van der Waals surface area contributed by atoms with Crippen molar-refractivity contribution in [3.63, 3.8) is 0 Å². The molecule has 0 spiro atoms. The first-order valence-electron chi connectivity index (χ1n) is 7.83. The highest BCUT2D eigenvalue weighted by atomic mass is 16.6. The molecule has 9 heteroatoms. The largest absolute Gasteiger partial charge is 0.507 e. The molecule has 0 aromatic heterocycles. The summed E-state index contributed by atoms with van der Waals surface area (Å²) in [6.07, 6.45) is 0. The highest BCUT2D eigenvalue weighted by Gasteiger charge is 2.33. The lowest BCUT2D eigenvalue weighted by atomic mass is 10.0. The van der Waals surface area contributed by atoms with Gasteiger partial charge in [0.2, 0.25) is 0 Å². The van der Waals surface area contributed by atoms with Crippen molar-refractivity contribution in [1.29, 1.82) is 5.53 Å². The average molecular weight is 372 g/mol. The molecule has 0 amide bonds. The molecule has 0 unspecified atom stereocenters. The Kier molecular flexibility index (Phi) is 4.44. The zero-order valence-corrected chi connectivity index (χ0v) is 14.7. The van der Waals surface area contributed by atoms with E-state index in [0.29, 0.717) is 11.1 Å². The van der Waals surface area contributed by atoms with Gasteiger partial charge in [-0.05, 0) is 31.5 Å². The lowest BCUT2D eigenvalue weighted by Gasteiger charge is -2.16. The van der Waals surface area contributed by atoms with Crippen molar-refractivity contribution in [2.24, 2.45) is 5.11 Å². The molecule has 0 saturated carbocycles. The molecule has 140 valence electrons. The number of methoxy groups -OCH3 is 1. The number of nitrogens with zero attached hydrogens (tertiary/aromatic N) is 1. The zero-order valence-electron chi connectivity index (χ0n) is 14.7. The number of phenolic OH excluding ortho intramolecular Hbond substituents is 1. The fraction of sp³-hybridized carbons (Fsp3) is 0.222. The summed E-state index contributed by atoms with van der Waals surface area (Å²) in [7, 11) is 1.37. The molecule has 2 aromatic rings. The number of carboxylic acid groups (broad SMARTS) is 1. The third-order valence-corrected chi connectivity index (χ3v) is 4.28. The second-order valence-corrected chi connectivity index (χ2v) is 5.92. The standard InChI is InChI=1S/C18H16N2O7/c1-7-4-11(21)10(6-20-19)15-13(7)18(24)27-14-8(2)12(25-3)5-9(17(22)23)16(14)26-15/h4-5,19,21H,6H2,1-3H3,(H,22,23). The number of benzene rings is 2. The SMILES string of the molecule is COc1cc(C(=O)O)c2c(c1C)OC(=O)c1c(C)cc(O)c(CN=N)c1O2. The van der Waals surface area contributed by atoms with Gasteiger partial charge in [0.05, 0.1) is 19.2 Å². The van der Waals surface area contributed by atoms with Crippen LogP contribution in [0.5, 0.6) is 28.7 Å². The number of aryl methyl sites for hydroxylation is 1. The number of aromatic carboxylic acids is 1. The minimum atomic E-state index is -1.31. The van der Waals surface area contributed by atoms with E-state index in [4.69, 9.17) is 19.7 Å². The Morgan fingerprint density at radius 1 is 1.22 bits per heavy atom. The van der Waals surface area contributed by atoms with Crippen molar-refractivity contribution in [2.45, 2.75) is 20.4 Å². The number of nitrogens with one attached hydrogen (secondary N) is 1. The lowest BCUT2D eigenvalue weighted by Crippen LogP contribution is -2.11. The van der Waals surface area contributed by atoms with Gasteiger partial charge in [0.15, 0.2) is 17.2 Å². The number of ether oxygens (including phenoxy) is 3. The van der Waals surface area contributed by atoms with Gasteiger partial charge in [-0.25, -0.2) is 15.1 Å². The second kappa shape index (κ2) is 6.60. The van der Waals surface area contributed by atoms with Gasteiger partial charge in [0.1, 0.15) is 22.6 Å². The van der Waals surface area contributed by atoms with E-state index in [1.807, 2.05) is 0 Å². The van der Waals surface area contributed by atoms with Crippen LogP contribution in [0.25, 0.3) is 0 Å². The van der Waals surface area contributed by atoms with Crippen molar-refractivity contribution in [3.8, 4) is 28.7 Å². The monoisotopic (exact) mass is 372 g/mol. The highest BCUT2D eigenvalue weighted by molar-refractivity contribution is 6.00. The number of phenols is 1. The van der Waals surface area contributed by atoms with Gasteiger partial charge in [-0.3, -0.25) is 0 Å². The Bertz CT molecular complexity index is 998. The molecule has 3 rings (SSSR count). The van der Waals surface area contributed by atoms with Crippen LogP contribution in [0, 0.1) is 19.4 Å². The zero-order chi connectivity index (χ0) is 19.9. The Morgan fingerprint density at radius 2 is 1.93 bits per heavy atom. The number of rotatable bonds is 4. The lowest BCUT2D eigenvalue weighted by molar-refractivity contribution is 0.0685. The van der Waals surface area contributed by atoms with Gasteiger partial charge < -0.3 is 24.4 Å². The van der Waals surface area contributed by atoms with E-state index in [1.54, 1.807) is 13.8 Å². The van der Waals surface area contributed by atoms with Gasteiger partial charge >= 0.3 is 11.9 Å². The number of carboxylic acids is 1. The number of fused-ring (bicyclic) bond motifs is 2. The predicted molar refractivity (Wildman–Crippen MR) is 91.4 cm³/mol. The third kappa shape index (κ3) is 2.82. The summed E-state index contributed by atoms with van der Waals surface area (Å²) in [5, 5.41) is 23.0. The van der Waals surface area contributed by atoms with Crippen LogP contribution in [0.4, 0.5) is 0 Å². The smallest absolute Gasteiger partial charge is 0.347 e. The Balaban J connectivity index is 2.38. The van der Waals surface area contributed by atoms with E-state index >= 15 is 0 Å². The van der Waals surface area contributed by atoms with Gasteiger partial charge in [0.25, 0.3) is 0 Å². The van der Waals surface area contributed by atoms with Crippen molar-refractivity contribution in [3.05, 3.63) is 39.9 Å². The number of hydrogen-bond acceptors (Lipinski definition) is 8. The molecule has 0 atom stereocenters. The van der Waals surface area contributed by atoms with E-state index in [-0.39, 0.29) is 52.0 Å². The van der Waals surface area contributed by atoms with Crippen molar-refractivity contribution < 1.29 is 34.0 Å². The van der Waals surface area contributed by atoms with E-state index in [9.17, 15) is 19.8 Å². The van der Waals surface area contributed by atoms with Crippen molar-refractivity contribution >= 4 is 11.9 Å². The fourth-order valence-corrected chi connectivity index (χ4v) is 2.96. The van der Waals surface area contributed by atoms with Crippen molar-refractivity contribution in [1.82, 2.24) is 0 Å². The van der Waals surface area contributed by atoms with Crippen LogP contribution in [0.2, 0.25) is 0 Å². The summed E-state index contributed by atoms with van der Waals surface area (Å²) in [5.41, 5.74) is 7.67. The number of aromatic hydroxyl groups is 1. The Hall–Kier alpha value is -3.62. The highest BCUT2D eigenvalue weighted by Crippen LogP contribution is 2.48. The molecular formula is C18H16N2O7. The number of hydrogen-bond donors (Lipinski definition) is 3. The van der Waals surface area contributed by atoms with Crippen LogP contribution in [0.1, 0.15) is 37.4 Å². The minimum absolute atomic E-state index is 0.0253. The first kappa shape index (κ1) is 18.2. The minimum Gasteiger partial charge on any atom is -0.507 e. The molecular weight excluding hydrogens is 356 g/mol. The van der Waals surface area contributed by atoms with Crippen LogP contribution in [0.15, 0.2) is 17.2 Å². The van der Waals surface area contributed by atoms with Gasteiger partial charge in [0, 0.05) is 5.56 Å². The summed E-state index contributed by atoms with van der Waals surface area (Å²) < 4.78 is 16.4. The molecule has 3 N–H and O–H groups in total. The van der Waals surface area contributed by atoms with Crippen LogP contribution in [0.3, 0.4) is 0 Å². The van der Waals surface area contributed by atoms with Gasteiger partial charge in [-0.1, -0.05) is 0 Å². The summed E-state index contributed by atoms with van der Waals surface area (Å²) in [5.74, 6) is -2.45. The van der Waals surface area contributed by atoms with E-state index < -0.39 is 11.9 Å². The maximum atomic E-state index is 12.7. The van der Waals surface area contributed by atoms with E-state index in [1.165, 1.54) is 19.2 Å². The molecule has 1 aliphatic heterocycles. The molecule has 0 aliphatic carbocycles. The molecule has 2 aromatic carbocycles. The van der Waals surface area contributed by atoms with Crippen molar-refractivity contribution in [2.75, 3.05) is 7.11 Å². The summed E-state index contributed by atoms with van der Waals surface area (Å²) >= 11 is 0. The summed E-state index contributed by atoms with van der Waals surface area (Å²) in [6.45, 7) is 2.92. The van der Waals surface area contributed by atoms with Crippen LogP contribution in [-0.4, -0.2) is 29.3 Å². The van der Waals surface area contributed by atoms with Crippen LogP contribution >= 0.6 is 0 Å². The van der Waals surface area contributed by atoms with Gasteiger partial charge in [-0.15, -0.1) is 0 Å². The van der Waals surface area contributed by atoms with E-state index in [2.05, 4.69) is 5.11 Å². The summed E-state index contributed by atoms with van der Waals surface area (Å²) in [6, 6.07) is 2.60. The Labute approximate surface area is 153 Å². The second-order valence-electron chi connectivity index (χ2n) is 5.92. The number of carbonyl (C=O) groups is 2. The molecule has 1 heterocycles. The number of carbonyl (C=O) groups excluding carboxylic acids is 1. The number of esters is 1. The molecule has 27 heavy (non-hydrogen) atoms. The average Bonchev–Trinajstić information content (AvgIpc) is 2.75. The maximum absolute atomic E-state index is 12.7. The first-order chi connectivity index (χ1) is 12.8. The molecule has 9 nitrogen and oxygen atoms in total. The third-order valence-electron chi connectivity index (χ3n) is 4.28. The quantitative estimate of drug-likeness (QED) is 0.423. The van der Waals surface area contributed by atoms with Crippen LogP contribution in [-0.2, 0) is 6.54 Å². The topological polar surface area (TPSA) is 138 Å². The van der Waals surface area contributed by atoms with Gasteiger partial charge in [-0.2, -0.15) is 5.11 Å². The van der Waals surface area contributed by atoms with Crippen LogP contribution < -0.4 is 14.2 Å². The first-order valence-corrected chi connectivity index (χ1v) is 7.83. The summed E-state index contributed by atoms with van der Waals surface area (Å²) in [4.78, 5) is 24.5. The maximum Gasteiger partial charge on any atom is 0.347 e. The predicted octanol–water partition coefficient (Wildman–Crippen LogP) is 3.57. The fourth-order valence-electron chi connectivity index (χ4n) is 2.96. The Morgan fingerprint density at radius 3 is 2.52 bits per heavy atom. The molecule has 0 fully saturated rings. The van der Waals surface area contributed by atoms with E-state index in [0.717, 1.165) is 0 Å². The molecule has 1 aliphatic rings. The normalized spacial score (nSPS) is 12.2.